The molecule has 0 aliphatic heterocycles. The number of carbonyl (C=O) groups is 1. The molecule has 0 saturated carbocycles. The smallest absolute Gasteiger partial charge is 0.243 e. The molecule has 69 valence electrons. The molecule has 3 heteroatoms. The molecule has 1 radical (unpaired) electrons. The highest BCUT2D eigenvalue weighted by Gasteiger charge is 1.91. The highest BCUT2D eigenvalue weighted by molar-refractivity contribution is 5.86. The summed E-state index contributed by atoms with van der Waals surface area (Å²) in [5, 5.41) is 2.66. The van der Waals surface area contributed by atoms with Gasteiger partial charge in [0, 0.05) is 19.8 Å². The van der Waals surface area contributed by atoms with E-state index >= 15 is 0 Å². The van der Waals surface area contributed by atoms with E-state index in [1.807, 2.05) is 0 Å². The molecule has 0 aliphatic carbocycles. The first kappa shape index (κ1) is 11.2. The fraction of sp³-hybridized carbons (Fsp3) is 0.556. The van der Waals surface area contributed by atoms with E-state index in [1.54, 1.807) is 0 Å². The maximum atomic E-state index is 10.6. The number of amides is 1. The first-order chi connectivity index (χ1) is 5.81. The van der Waals surface area contributed by atoms with Gasteiger partial charge in [-0.1, -0.05) is 13.5 Å². The van der Waals surface area contributed by atoms with Crippen LogP contribution in [-0.4, -0.2) is 25.7 Å². The van der Waals surface area contributed by atoms with Gasteiger partial charge >= 0.3 is 0 Å². The molecule has 1 amide bonds. The molecule has 0 rings (SSSR count). The normalized spacial score (nSPS) is 9.42. The van der Waals surface area contributed by atoms with Gasteiger partial charge in [-0.25, -0.2) is 0 Å². The molecule has 12 heavy (non-hydrogen) atoms. The van der Waals surface area contributed by atoms with Crippen molar-refractivity contribution in [1.82, 2.24) is 5.32 Å². The van der Waals surface area contributed by atoms with Crippen LogP contribution >= 0.6 is 0 Å². The molecular formula is C9H16NO2. The van der Waals surface area contributed by atoms with E-state index < -0.39 is 0 Å². The molecule has 0 aromatic rings. The maximum Gasteiger partial charge on any atom is 0.243 e. The van der Waals surface area contributed by atoms with E-state index in [0.29, 0.717) is 19.8 Å². The maximum absolute atomic E-state index is 10.6. The van der Waals surface area contributed by atoms with Crippen LogP contribution in [0.25, 0.3) is 0 Å². The third-order valence-electron chi connectivity index (χ3n) is 1.24. The van der Waals surface area contributed by atoms with Crippen LogP contribution in [-0.2, 0) is 9.53 Å². The van der Waals surface area contributed by atoms with Gasteiger partial charge in [0.05, 0.1) is 0 Å². The van der Waals surface area contributed by atoms with Gasteiger partial charge in [0.25, 0.3) is 0 Å². The zero-order chi connectivity index (χ0) is 9.23. The van der Waals surface area contributed by atoms with Crippen molar-refractivity contribution in [2.75, 3.05) is 19.8 Å². The summed E-state index contributed by atoms with van der Waals surface area (Å²) in [6.45, 7) is 8.98. The Morgan fingerprint density at radius 3 is 2.83 bits per heavy atom. The topological polar surface area (TPSA) is 38.3 Å². The minimum absolute atomic E-state index is 0.132. The fourth-order valence-corrected chi connectivity index (χ4v) is 0.662. The number of ether oxygens (including phenoxy) is 1. The molecule has 0 aromatic heterocycles. The summed E-state index contributed by atoms with van der Waals surface area (Å²) < 4.78 is 5.16. The first-order valence-electron chi connectivity index (χ1n) is 4.08. The van der Waals surface area contributed by atoms with Crippen molar-refractivity contribution in [2.24, 2.45) is 0 Å². The Kier molecular flexibility index (Phi) is 7.70. The van der Waals surface area contributed by atoms with Crippen molar-refractivity contribution >= 4 is 5.91 Å². The lowest BCUT2D eigenvalue weighted by atomic mass is 10.4. The second-order valence-electron chi connectivity index (χ2n) is 2.31. The quantitative estimate of drug-likeness (QED) is 0.456. The second-order valence-corrected chi connectivity index (χ2v) is 2.31. The molecule has 0 saturated heterocycles. The summed E-state index contributed by atoms with van der Waals surface area (Å²) in [4.78, 5) is 10.6. The van der Waals surface area contributed by atoms with Crippen molar-refractivity contribution in [2.45, 2.75) is 12.8 Å². The molecule has 3 nitrogen and oxygen atoms in total. The van der Waals surface area contributed by atoms with Gasteiger partial charge < -0.3 is 10.1 Å². The van der Waals surface area contributed by atoms with Gasteiger partial charge in [0.15, 0.2) is 0 Å². The lowest BCUT2D eigenvalue weighted by Gasteiger charge is -2.02. The Hall–Kier alpha value is -0.830. The summed E-state index contributed by atoms with van der Waals surface area (Å²) in [5.74, 6) is -0.132. The van der Waals surface area contributed by atoms with E-state index in [4.69, 9.17) is 4.74 Å². The molecule has 0 spiro atoms. The molecule has 0 atom stereocenters. The first-order valence-corrected chi connectivity index (χ1v) is 4.08. The van der Waals surface area contributed by atoms with E-state index in [2.05, 4.69) is 18.8 Å². The van der Waals surface area contributed by atoms with Crippen LogP contribution in [0.3, 0.4) is 0 Å². The van der Waals surface area contributed by atoms with Crippen molar-refractivity contribution < 1.29 is 9.53 Å². The average molecular weight is 170 g/mol. The average Bonchev–Trinajstić information content (AvgIpc) is 2.10. The van der Waals surface area contributed by atoms with Crippen LogP contribution in [0.2, 0.25) is 0 Å². The molecule has 1 N–H and O–H groups in total. The lowest BCUT2D eigenvalue weighted by molar-refractivity contribution is -0.116. The fourth-order valence-electron chi connectivity index (χ4n) is 0.662. The van der Waals surface area contributed by atoms with Gasteiger partial charge in [-0.15, -0.1) is 0 Å². The summed E-state index contributed by atoms with van der Waals surface area (Å²) in [5.41, 5.74) is 0. The molecular weight excluding hydrogens is 154 g/mol. The highest BCUT2D eigenvalue weighted by Crippen LogP contribution is 1.83. The number of carbonyl (C=O) groups excluding carboxylic acids is 1. The van der Waals surface area contributed by atoms with Gasteiger partial charge in [0.1, 0.15) is 0 Å². The molecule has 0 bridgehead atoms. The number of rotatable bonds is 7. The standard InChI is InChI=1S/C9H16NO2/c1-3-7-12-8-5-6-10-9(11)4-2/h4H,1-3,5-8H2,(H,10,11). The molecule has 0 heterocycles. The van der Waals surface area contributed by atoms with Gasteiger partial charge in [0.2, 0.25) is 5.91 Å². The van der Waals surface area contributed by atoms with Crippen LogP contribution < -0.4 is 5.32 Å². The predicted molar refractivity (Wildman–Crippen MR) is 48.6 cm³/mol. The Bertz CT molecular complexity index is 134. The van der Waals surface area contributed by atoms with Gasteiger partial charge in [-0.3, -0.25) is 4.79 Å². The van der Waals surface area contributed by atoms with E-state index in [0.717, 1.165) is 12.8 Å². The Morgan fingerprint density at radius 1 is 1.50 bits per heavy atom. The van der Waals surface area contributed by atoms with Crippen LogP contribution in [0.4, 0.5) is 0 Å². The largest absolute Gasteiger partial charge is 0.381 e. The number of hydrogen-bond donors (Lipinski definition) is 1. The zero-order valence-electron chi connectivity index (χ0n) is 7.34. The zero-order valence-corrected chi connectivity index (χ0v) is 7.34. The summed E-state index contributed by atoms with van der Waals surface area (Å²) >= 11 is 0. The van der Waals surface area contributed by atoms with Crippen molar-refractivity contribution in [3.05, 3.63) is 19.6 Å². The monoisotopic (exact) mass is 170 g/mol. The molecule has 0 aliphatic rings. The van der Waals surface area contributed by atoms with Crippen LogP contribution in [0.5, 0.6) is 0 Å². The summed E-state index contributed by atoms with van der Waals surface area (Å²) in [6, 6.07) is 0. The van der Waals surface area contributed by atoms with Crippen LogP contribution in [0.1, 0.15) is 12.8 Å². The van der Waals surface area contributed by atoms with Gasteiger partial charge in [-0.2, -0.15) is 0 Å². The highest BCUT2D eigenvalue weighted by atomic mass is 16.5. The third-order valence-corrected chi connectivity index (χ3v) is 1.24. The second kappa shape index (κ2) is 8.27. The molecule has 0 fully saturated rings. The summed E-state index contributed by atoms with van der Waals surface area (Å²) in [7, 11) is 0. The lowest BCUT2D eigenvalue weighted by Crippen LogP contribution is -2.22. The van der Waals surface area contributed by atoms with Crippen molar-refractivity contribution in [3.63, 3.8) is 0 Å². The predicted octanol–water partition coefficient (Wildman–Crippen LogP) is 0.919. The molecule has 0 aromatic carbocycles. The molecule has 0 unspecified atom stereocenters. The van der Waals surface area contributed by atoms with E-state index in [1.165, 1.54) is 6.08 Å². The minimum atomic E-state index is -0.132. The number of hydrogen-bond acceptors (Lipinski definition) is 2. The minimum Gasteiger partial charge on any atom is -0.381 e. The van der Waals surface area contributed by atoms with Crippen molar-refractivity contribution in [3.8, 4) is 0 Å². The Labute approximate surface area is 73.8 Å². The SMILES string of the molecule is [CH2]CCOCCCNC(=O)C=C. The number of nitrogens with one attached hydrogen (secondary N) is 1. The van der Waals surface area contributed by atoms with Crippen molar-refractivity contribution in [1.29, 1.82) is 0 Å². The summed E-state index contributed by atoms with van der Waals surface area (Å²) in [6.07, 6.45) is 2.88. The van der Waals surface area contributed by atoms with Gasteiger partial charge in [-0.05, 0) is 18.9 Å². The Balaban J connectivity index is 3.00. The Morgan fingerprint density at radius 2 is 2.25 bits per heavy atom. The van der Waals surface area contributed by atoms with E-state index in [9.17, 15) is 4.79 Å². The van der Waals surface area contributed by atoms with Crippen LogP contribution in [0, 0.1) is 6.92 Å². The van der Waals surface area contributed by atoms with E-state index in [-0.39, 0.29) is 5.91 Å². The third kappa shape index (κ3) is 7.28. The van der Waals surface area contributed by atoms with Crippen LogP contribution in [0.15, 0.2) is 12.7 Å².